The third kappa shape index (κ3) is 3.81. The quantitative estimate of drug-likeness (QED) is 0.575. The highest BCUT2D eigenvalue weighted by molar-refractivity contribution is 7.21. The Morgan fingerprint density at radius 3 is 2.69 bits per heavy atom. The van der Waals surface area contributed by atoms with E-state index in [0.29, 0.717) is 21.3 Å². The highest BCUT2D eigenvalue weighted by Crippen LogP contribution is 2.37. The van der Waals surface area contributed by atoms with Gasteiger partial charge in [-0.3, -0.25) is 4.79 Å². The lowest BCUT2D eigenvalue weighted by atomic mass is 9.85. The summed E-state index contributed by atoms with van der Waals surface area (Å²) in [7, 11) is 0. The van der Waals surface area contributed by atoms with Crippen molar-refractivity contribution in [3.63, 3.8) is 0 Å². The number of thiophene rings is 1. The molecule has 0 bridgehead atoms. The monoisotopic (exact) mass is 419 g/mol. The molecule has 0 radical (unpaired) electrons. The van der Waals surface area contributed by atoms with Crippen molar-refractivity contribution >= 4 is 38.8 Å². The topological polar surface area (TPSA) is 68.0 Å². The zero-order chi connectivity index (χ0) is 20.8. The minimum absolute atomic E-state index is 0.276. The fourth-order valence-electron chi connectivity index (χ4n) is 3.71. The standard InChI is InChI=1S/C21H20F3N3OS/c1-2-11-3-8-16-12(9-11)10-15-17(25)18(29-20(15)27-16)19(28)26-14-6-4-13(5-7-14)21(22,23)24/h4-7,10-11H,2-3,8-9,25H2,1H3,(H,26,28)/t11-/m1/s1. The van der Waals surface area contributed by atoms with Gasteiger partial charge in [0.2, 0.25) is 0 Å². The lowest BCUT2D eigenvalue weighted by Gasteiger charge is -2.22. The lowest BCUT2D eigenvalue weighted by Crippen LogP contribution is -2.14. The average molecular weight is 419 g/mol. The van der Waals surface area contributed by atoms with Gasteiger partial charge in [0.1, 0.15) is 9.71 Å². The molecule has 2 heterocycles. The number of halogens is 3. The van der Waals surface area contributed by atoms with Gasteiger partial charge in [-0.15, -0.1) is 11.3 Å². The Morgan fingerprint density at radius 2 is 2.03 bits per heavy atom. The number of pyridine rings is 1. The van der Waals surface area contributed by atoms with Crippen LogP contribution < -0.4 is 11.1 Å². The zero-order valence-electron chi connectivity index (χ0n) is 15.8. The number of carbonyl (C=O) groups is 1. The van der Waals surface area contributed by atoms with Gasteiger partial charge in [-0.2, -0.15) is 13.2 Å². The van der Waals surface area contributed by atoms with Crippen molar-refractivity contribution in [2.45, 2.75) is 38.8 Å². The van der Waals surface area contributed by atoms with Gasteiger partial charge in [0.05, 0.1) is 11.3 Å². The molecule has 0 fully saturated rings. The molecule has 152 valence electrons. The number of benzene rings is 1. The Balaban J connectivity index is 1.60. The maximum Gasteiger partial charge on any atom is 0.416 e. The van der Waals surface area contributed by atoms with E-state index in [4.69, 9.17) is 10.7 Å². The second-order valence-electron chi connectivity index (χ2n) is 7.34. The second-order valence-corrected chi connectivity index (χ2v) is 8.34. The maximum absolute atomic E-state index is 12.7. The first-order valence-corrected chi connectivity index (χ1v) is 10.3. The summed E-state index contributed by atoms with van der Waals surface area (Å²) < 4.78 is 38.1. The van der Waals surface area contributed by atoms with E-state index in [1.54, 1.807) is 0 Å². The van der Waals surface area contributed by atoms with Crippen molar-refractivity contribution in [1.29, 1.82) is 0 Å². The summed E-state index contributed by atoms with van der Waals surface area (Å²) in [6.07, 6.45) is -0.284. The van der Waals surface area contributed by atoms with Gasteiger partial charge in [0.25, 0.3) is 5.91 Å². The Hall–Kier alpha value is -2.61. The van der Waals surface area contributed by atoms with Gasteiger partial charge in [0.15, 0.2) is 0 Å². The fourth-order valence-corrected chi connectivity index (χ4v) is 4.70. The Kier molecular flexibility index (Phi) is 4.98. The van der Waals surface area contributed by atoms with Gasteiger partial charge in [-0.05, 0) is 61.1 Å². The van der Waals surface area contributed by atoms with Crippen LogP contribution in [0.15, 0.2) is 30.3 Å². The third-order valence-corrected chi connectivity index (χ3v) is 6.56. The summed E-state index contributed by atoms with van der Waals surface area (Å²) in [6, 6.07) is 6.37. The molecule has 0 aliphatic heterocycles. The van der Waals surface area contributed by atoms with Gasteiger partial charge < -0.3 is 11.1 Å². The first-order valence-electron chi connectivity index (χ1n) is 9.45. The lowest BCUT2D eigenvalue weighted by molar-refractivity contribution is -0.137. The Morgan fingerprint density at radius 1 is 1.31 bits per heavy atom. The number of nitrogens with two attached hydrogens (primary N) is 1. The Labute approximate surface area is 169 Å². The van der Waals surface area contributed by atoms with E-state index in [-0.39, 0.29) is 5.69 Å². The number of amides is 1. The van der Waals surface area contributed by atoms with Crippen LogP contribution in [0.3, 0.4) is 0 Å². The first-order chi connectivity index (χ1) is 13.8. The largest absolute Gasteiger partial charge is 0.416 e. The number of nitrogens with zero attached hydrogens (tertiary/aromatic N) is 1. The van der Waals surface area contributed by atoms with Crippen molar-refractivity contribution in [2.24, 2.45) is 5.92 Å². The zero-order valence-corrected chi connectivity index (χ0v) is 16.6. The van der Waals surface area contributed by atoms with Crippen LogP contribution in [0.5, 0.6) is 0 Å². The minimum atomic E-state index is -4.42. The van der Waals surface area contributed by atoms with Crippen LogP contribution in [0.25, 0.3) is 10.2 Å². The minimum Gasteiger partial charge on any atom is -0.397 e. The summed E-state index contributed by atoms with van der Waals surface area (Å²) in [5.74, 6) is 0.193. The molecule has 0 saturated heterocycles. The molecule has 1 aromatic carbocycles. The smallest absolute Gasteiger partial charge is 0.397 e. The molecule has 29 heavy (non-hydrogen) atoms. The average Bonchev–Trinajstić information content (AvgIpc) is 3.01. The van der Waals surface area contributed by atoms with E-state index in [1.165, 1.54) is 29.0 Å². The van der Waals surface area contributed by atoms with E-state index in [9.17, 15) is 18.0 Å². The van der Waals surface area contributed by atoms with E-state index in [2.05, 4.69) is 12.2 Å². The number of aryl methyl sites for hydroxylation is 1. The van der Waals surface area contributed by atoms with Gasteiger partial charge >= 0.3 is 6.18 Å². The number of hydrogen-bond donors (Lipinski definition) is 2. The normalized spacial score (nSPS) is 16.6. The van der Waals surface area contributed by atoms with E-state index >= 15 is 0 Å². The number of carbonyl (C=O) groups excluding carboxylic acids is 1. The highest BCUT2D eigenvalue weighted by atomic mass is 32.1. The molecule has 1 aliphatic carbocycles. The second kappa shape index (κ2) is 7.33. The van der Waals surface area contributed by atoms with Crippen LogP contribution in [-0.2, 0) is 19.0 Å². The summed E-state index contributed by atoms with van der Waals surface area (Å²) in [5, 5.41) is 3.39. The first kappa shape index (κ1) is 19.7. The summed E-state index contributed by atoms with van der Waals surface area (Å²) in [6.45, 7) is 2.18. The van der Waals surface area contributed by atoms with Crippen LogP contribution >= 0.6 is 11.3 Å². The van der Waals surface area contributed by atoms with Crippen LogP contribution in [0.2, 0.25) is 0 Å². The number of nitrogens with one attached hydrogen (secondary N) is 1. The number of aromatic nitrogens is 1. The SMILES string of the molecule is CC[C@@H]1CCc2nc3sc(C(=O)Nc4ccc(C(F)(F)F)cc4)c(N)c3cc2C1. The molecule has 1 amide bonds. The molecular formula is C21H20F3N3OS. The number of anilines is 2. The van der Waals surface area contributed by atoms with E-state index in [0.717, 1.165) is 48.9 Å². The van der Waals surface area contributed by atoms with E-state index in [1.807, 2.05) is 6.07 Å². The molecule has 0 spiro atoms. The highest BCUT2D eigenvalue weighted by Gasteiger charge is 2.30. The van der Waals surface area contributed by atoms with Crippen LogP contribution in [0.1, 0.15) is 46.3 Å². The molecule has 0 saturated carbocycles. The molecule has 4 nitrogen and oxygen atoms in total. The Bertz CT molecular complexity index is 1070. The summed E-state index contributed by atoms with van der Waals surface area (Å²) in [5.41, 5.74) is 8.37. The predicted octanol–water partition coefficient (Wildman–Crippen LogP) is 5.66. The summed E-state index contributed by atoms with van der Waals surface area (Å²) in [4.78, 5) is 18.4. The number of hydrogen-bond acceptors (Lipinski definition) is 4. The molecule has 4 rings (SSSR count). The van der Waals surface area contributed by atoms with Gasteiger partial charge in [-0.25, -0.2) is 4.98 Å². The van der Waals surface area contributed by atoms with Crippen LogP contribution in [0, 0.1) is 5.92 Å². The van der Waals surface area contributed by atoms with Crippen molar-refractivity contribution < 1.29 is 18.0 Å². The van der Waals surface area contributed by atoms with E-state index < -0.39 is 17.6 Å². The van der Waals surface area contributed by atoms with Crippen LogP contribution in [-0.4, -0.2) is 10.9 Å². The molecule has 2 aromatic heterocycles. The van der Waals surface area contributed by atoms with Crippen molar-refractivity contribution in [3.8, 4) is 0 Å². The number of rotatable bonds is 3. The number of fused-ring (bicyclic) bond motifs is 2. The molecule has 3 N–H and O–H groups in total. The molecule has 1 atom stereocenters. The third-order valence-electron chi connectivity index (χ3n) is 5.44. The van der Waals surface area contributed by atoms with Gasteiger partial charge in [0, 0.05) is 16.8 Å². The molecular weight excluding hydrogens is 399 g/mol. The number of alkyl halides is 3. The van der Waals surface area contributed by atoms with Gasteiger partial charge in [-0.1, -0.05) is 13.3 Å². The van der Waals surface area contributed by atoms with Crippen molar-refractivity contribution in [2.75, 3.05) is 11.1 Å². The predicted molar refractivity (Wildman–Crippen MR) is 109 cm³/mol. The maximum atomic E-state index is 12.7. The van der Waals surface area contributed by atoms with Crippen LogP contribution in [0.4, 0.5) is 24.5 Å². The number of nitrogen functional groups attached to an aromatic ring is 1. The molecule has 3 aromatic rings. The van der Waals surface area contributed by atoms with Crippen molar-refractivity contribution in [1.82, 2.24) is 4.98 Å². The fraction of sp³-hybridized carbons (Fsp3) is 0.333. The summed E-state index contributed by atoms with van der Waals surface area (Å²) >= 11 is 1.21. The molecule has 8 heteroatoms. The molecule has 1 aliphatic rings. The van der Waals surface area contributed by atoms with Crippen molar-refractivity contribution in [3.05, 3.63) is 52.0 Å². The molecule has 0 unspecified atom stereocenters.